The van der Waals surface area contributed by atoms with Crippen LogP contribution >= 0.6 is 15.9 Å². The Morgan fingerprint density at radius 3 is 2.57 bits per heavy atom. The average Bonchev–Trinajstić information content (AvgIpc) is 2.74. The van der Waals surface area contributed by atoms with Gasteiger partial charge in [-0.2, -0.15) is 0 Å². The van der Waals surface area contributed by atoms with Gasteiger partial charge in [0, 0.05) is 4.47 Å². The first-order valence-electron chi connectivity index (χ1n) is 4.77. The molecule has 14 heavy (non-hydrogen) atoms. The highest BCUT2D eigenvalue weighted by atomic mass is 79.9. The van der Waals surface area contributed by atoms with Crippen molar-refractivity contribution >= 4 is 15.9 Å². The van der Waals surface area contributed by atoms with E-state index < -0.39 is 0 Å². The first kappa shape index (κ1) is 9.99. The summed E-state index contributed by atoms with van der Waals surface area (Å²) in [6, 6.07) is 7.82. The van der Waals surface area contributed by atoms with Crippen molar-refractivity contribution < 1.29 is 4.74 Å². The van der Waals surface area contributed by atoms with Gasteiger partial charge >= 0.3 is 0 Å². The second kappa shape index (κ2) is 3.55. The molecule has 1 aliphatic rings. The third-order valence-electron chi connectivity index (χ3n) is 2.83. The molecule has 2 unspecified atom stereocenters. The molecule has 3 heteroatoms. The van der Waals surface area contributed by atoms with Gasteiger partial charge in [0.25, 0.3) is 0 Å². The molecule has 0 spiro atoms. The van der Waals surface area contributed by atoms with E-state index in [2.05, 4.69) is 22.9 Å². The lowest BCUT2D eigenvalue weighted by Crippen LogP contribution is -2.32. The third kappa shape index (κ3) is 2.10. The smallest absolute Gasteiger partial charge is 0.119 e. The minimum Gasteiger partial charge on any atom is -0.492 e. The number of hydrogen-bond donors (Lipinski definition) is 1. The minimum atomic E-state index is -0.0763. The first-order valence-corrected chi connectivity index (χ1v) is 5.57. The molecule has 1 aliphatic carbocycles. The van der Waals surface area contributed by atoms with Crippen LogP contribution in [0.5, 0.6) is 5.75 Å². The summed E-state index contributed by atoms with van der Waals surface area (Å²) in [7, 11) is 0. The van der Waals surface area contributed by atoms with Crippen molar-refractivity contribution in [2.45, 2.75) is 18.9 Å². The van der Waals surface area contributed by atoms with Gasteiger partial charge in [0.15, 0.2) is 0 Å². The molecular weight excluding hydrogens is 242 g/mol. The van der Waals surface area contributed by atoms with E-state index in [-0.39, 0.29) is 5.54 Å². The van der Waals surface area contributed by atoms with Crippen LogP contribution in [0.25, 0.3) is 0 Å². The topological polar surface area (TPSA) is 35.2 Å². The second-order valence-electron chi connectivity index (χ2n) is 4.08. The van der Waals surface area contributed by atoms with Crippen LogP contribution in [0.2, 0.25) is 0 Å². The second-order valence-corrected chi connectivity index (χ2v) is 5.00. The summed E-state index contributed by atoms with van der Waals surface area (Å²) in [6.45, 7) is 2.78. The number of nitrogens with two attached hydrogens (primary N) is 1. The zero-order chi connectivity index (χ0) is 10.2. The van der Waals surface area contributed by atoms with Crippen molar-refractivity contribution in [3.8, 4) is 5.75 Å². The van der Waals surface area contributed by atoms with Gasteiger partial charge in [-0.15, -0.1) is 0 Å². The van der Waals surface area contributed by atoms with Gasteiger partial charge in [-0.05, 0) is 36.6 Å². The fourth-order valence-corrected chi connectivity index (χ4v) is 1.73. The van der Waals surface area contributed by atoms with Crippen molar-refractivity contribution in [3.05, 3.63) is 28.7 Å². The lowest BCUT2D eigenvalue weighted by atomic mass is 10.2. The Labute approximate surface area is 92.6 Å². The van der Waals surface area contributed by atoms with Crippen molar-refractivity contribution in [1.82, 2.24) is 0 Å². The Hall–Kier alpha value is -0.540. The normalized spacial score (nSPS) is 30.1. The third-order valence-corrected chi connectivity index (χ3v) is 3.36. The van der Waals surface area contributed by atoms with E-state index in [4.69, 9.17) is 10.5 Å². The predicted molar refractivity (Wildman–Crippen MR) is 60.3 cm³/mol. The van der Waals surface area contributed by atoms with E-state index in [0.717, 1.165) is 16.6 Å². The van der Waals surface area contributed by atoms with Gasteiger partial charge in [-0.25, -0.2) is 0 Å². The van der Waals surface area contributed by atoms with Crippen LogP contribution in [0.15, 0.2) is 28.7 Å². The Bertz CT molecular complexity index is 325. The SMILES string of the molecule is CC1CC1(N)COc1ccc(Br)cc1. The largest absolute Gasteiger partial charge is 0.492 e. The number of halogens is 1. The zero-order valence-electron chi connectivity index (χ0n) is 8.16. The summed E-state index contributed by atoms with van der Waals surface area (Å²) in [4.78, 5) is 0. The Morgan fingerprint density at radius 2 is 2.07 bits per heavy atom. The van der Waals surface area contributed by atoms with E-state index in [1.54, 1.807) is 0 Å². The molecular formula is C11H14BrNO. The highest BCUT2D eigenvalue weighted by molar-refractivity contribution is 9.10. The molecule has 2 nitrogen and oxygen atoms in total. The summed E-state index contributed by atoms with van der Waals surface area (Å²) >= 11 is 3.38. The fourth-order valence-electron chi connectivity index (χ4n) is 1.46. The molecule has 1 saturated carbocycles. The van der Waals surface area contributed by atoms with Crippen molar-refractivity contribution in [2.24, 2.45) is 11.7 Å². The van der Waals surface area contributed by atoms with E-state index in [0.29, 0.717) is 12.5 Å². The summed E-state index contributed by atoms with van der Waals surface area (Å²) in [5.41, 5.74) is 5.96. The lowest BCUT2D eigenvalue weighted by Gasteiger charge is -2.12. The summed E-state index contributed by atoms with van der Waals surface area (Å²) in [6.07, 6.45) is 1.07. The Balaban J connectivity index is 1.89. The standard InChI is InChI=1S/C11H14BrNO/c1-8-6-11(8,13)7-14-10-4-2-9(12)3-5-10/h2-5,8H,6-7,13H2,1H3. The molecule has 2 rings (SSSR count). The Kier molecular flexibility index (Phi) is 2.54. The molecule has 76 valence electrons. The highest BCUT2D eigenvalue weighted by Gasteiger charge is 2.48. The maximum absolute atomic E-state index is 6.03. The van der Waals surface area contributed by atoms with Crippen LogP contribution in [0, 0.1) is 5.92 Å². The predicted octanol–water partition coefficient (Wildman–Crippen LogP) is 2.57. The van der Waals surface area contributed by atoms with E-state index in [1.165, 1.54) is 0 Å². The van der Waals surface area contributed by atoms with Crippen molar-refractivity contribution in [2.75, 3.05) is 6.61 Å². The molecule has 2 atom stereocenters. The fraction of sp³-hybridized carbons (Fsp3) is 0.455. The van der Waals surface area contributed by atoms with Crippen molar-refractivity contribution in [1.29, 1.82) is 0 Å². The van der Waals surface area contributed by atoms with Gasteiger partial charge in [0.1, 0.15) is 12.4 Å². The van der Waals surface area contributed by atoms with E-state index >= 15 is 0 Å². The lowest BCUT2D eigenvalue weighted by molar-refractivity contribution is 0.271. The molecule has 2 N–H and O–H groups in total. The first-order chi connectivity index (χ1) is 6.60. The van der Waals surface area contributed by atoms with Crippen LogP contribution in [0.4, 0.5) is 0 Å². The number of rotatable bonds is 3. The average molecular weight is 256 g/mol. The van der Waals surface area contributed by atoms with Crippen LogP contribution in [0.3, 0.4) is 0 Å². The number of benzene rings is 1. The molecule has 1 aromatic carbocycles. The van der Waals surface area contributed by atoms with Gasteiger partial charge < -0.3 is 10.5 Å². The summed E-state index contributed by atoms with van der Waals surface area (Å²) in [5, 5.41) is 0. The highest BCUT2D eigenvalue weighted by Crippen LogP contribution is 2.40. The number of ether oxygens (including phenoxy) is 1. The molecule has 0 aliphatic heterocycles. The monoisotopic (exact) mass is 255 g/mol. The van der Waals surface area contributed by atoms with E-state index in [1.807, 2.05) is 24.3 Å². The van der Waals surface area contributed by atoms with Gasteiger partial charge in [-0.1, -0.05) is 22.9 Å². The molecule has 1 aromatic rings. The van der Waals surface area contributed by atoms with E-state index in [9.17, 15) is 0 Å². The maximum Gasteiger partial charge on any atom is 0.119 e. The molecule has 0 amide bonds. The van der Waals surface area contributed by atoms with Crippen LogP contribution in [-0.2, 0) is 0 Å². The van der Waals surface area contributed by atoms with Gasteiger partial charge in [0.2, 0.25) is 0 Å². The molecule has 0 saturated heterocycles. The van der Waals surface area contributed by atoms with Gasteiger partial charge in [0.05, 0.1) is 5.54 Å². The summed E-state index contributed by atoms with van der Waals surface area (Å²) < 4.78 is 6.67. The zero-order valence-corrected chi connectivity index (χ0v) is 9.75. The summed E-state index contributed by atoms with van der Waals surface area (Å²) in [5.74, 6) is 1.48. The van der Waals surface area contributed by atoms with Gasteiger partial charge in [-0.3, -0.25) is 0 Å². The molecule has 1 fully saturated rings. The maximum atomic E-state index is 6.03. The minimum absolute atomic E-state index is 0.0763. The Morgan fingerprint density at radius 1 is 1.50 bits per heavy atom. The molecule has 0 heterocycles. The van der Waals surface area contributed by atoms with Crippen LogP contribution in [0.1, 0.15) is 13.3 Å². The quantitative estimate of drug-likeness (QED) is 0.902. The van der Waals surface area contributed by atoms with Crippen LogP contribution < -0.4 is 10.5 Å². The molecule has 0 radical (unpaired) electrons. The van der Waals surface area contributed by atoms with Crippen molar-refractivity contribution in [3.63, 3.8) is 0 Å². The van der Waals surface area contributed by atoms with Crippen LogP contribution in [-0.4, -0.2) is 12.1 Å². The molecule has 0 bridgehead atoms. The number of hydrogen-bond acceptors (Lipinski definition) is 2. The molecule has 0 aromatic heterocycles.